The molecule has 1 saturated heterocycles. The number of nitrogens with zero attached hydrogens (tertiary/aromatic N) is 1. The van der Waals surface area contributed by atoms with Crippen molar-refractivity contribution in [2.24, 2.45) is 0 Å². The van der Waals surface area contributed by atoms with Crippen LogP contribution in [0.1, 0.15) is 34.3 Å². The van der Waals surface area contributed by atoms with Gasteiger partial charge < -0.3 is 20.1 Å². The minimum Gasteiger partial charge on any atom is -0.495 e. The first kappa shape index (κ1) is 21.1. The highest BCUT2D eigenvalue weighted by atomic mass is 35.5. The Hall–Kier alpha value is -3.57. The van der Waals surface area contributed by atoms with Gasteiger partial charge >= 0.3 is 5.97 Å². The Kier molecular flexibility index (Phi) is 6.54. The maximum Gasteiger partial charge on any atom is 0.306 e. The predicted octanol–water partition coefficient (Wildman–Crippen LogP) is 2.79. The molecule has 1 heterocycles. The Labute approximate surface area is 177 Å². The number of benzene rings is 2. The maximum absolute atomic E-state index is 12.8. The fourth-order valence-electron chi connectivity index (χ4n) is 2.93. The molecule has 0 aliphatic carbocycles. The molecule has 1 aliphatic heterocycles. The number of nitrogens with one attached hydrogen (secondary N) is 2. The average molecular weight is 428 g/mol. The highest BCUT2D eigenvalue weighted by Crippen LogP contribution is 2.25. The molecule has 30 heavy (non-hydrogen) atoms. The second-order valence-corrected chi connectivity index (χ2v) is 6.94. The summed E-state index contributed by atoms with van der Waals surface area (Å²) in [7, 11) is 1.51. The number of nitriles is 1. The number of carbonyl (C=O) groups excluding carboxylic acids is 3. The second kappa shape index (κ2) is 9.29. The zero-order valence-electron chi connectivity index (χ0n) is 16.0. The van der Waals surface area contributed by atoms with Crippen LogP contribution in [-0.4, -0.2) is 31.0 Å². The van der Waals surface area contributed by atoms with E-state index < -0.39 is 23.9 Å². The third kappa shape index (κ3) is 4.88. The van der Waals surface area contributed by atoms with Crippen LogP contribution >= 0.6 is 11.6 Å². The molecule has 2 amide bonds. The standard InChI is InChI=1S/C21H18ClN3O5/c1-29-17-5-3-13(9-15(17)22)11-24-20(27)14-8-12(10-23)2-4-16(14)25-21(28)18-6-7-19(26)30-18/h2-5,8-9,18H,6-7,11H2,1H3,(H,24,27)(H,25,28)/t18-/m0/s1. The minimum absolute atomic E-state index is 0.117. The highest BCUT2D eigenvalue weighted by Gasteiger charge is 2.30. The third-order valence-electron chi connectivity index (χ3n) is 4.50. The number of cyclic esters (lactones) is 1. The number of hydrogen-bond acceptors (Lipinski definition) is 6. The molecule has 9 heteroatoms. The molecule has 0 saturated carbocycles. The van der Waals surface area contributed by atoms with E-state index in [-0.39, 0.29) is 36.2 Å². The number of hydrogen-bond donors (Lipinski definition) is 2. The van der Waals surface area contributed by atoms with Crippen molar-refractivity contribution in [2.75, 3.05) is 12.4 Å². The zero-order chi connectivity index (χ0) is 21.7. The summed E-state index contributed by atoms with van der Waals surface area (Å²) in [5.74, 6) is -0.934. The van der Waals surface area contributed by atoms with Crippen molar-refractivity contribution in [3.63, 3.8) is 0 Å². The Bertz CT molecular complexity index is 1050. The van der Waals surface area contributed by atoms with Gasteiger partial charge in [0.15, 0.2) is 6.10 Å². The smallest absolute Gasteiger partial charge is 0.306 e. The molecule has 2 aromatic carbocycles. The van der Waals surface area contributed by atoms with Gasteiger partial charge in [-0.1, -0.05) is 17.7 Å². The lowest BCUT2D eigenvalue weighted by Gasteiger charge is -2.14. The fourth-order valence-corrected chi connectivity index (χ4v) is 3.21. The number of ether oxygens (including phenoxy) is 2. The molecule has 0 radical (unpaired) electrons. The fraction of sp³-hybridized carbons (Fsp3) is 0.238. The number of esters is 1. The molecule has 1 fully saturated rings. The summed E-state index contributed by atoms with van der Waals surface area (Å²) in [6.45, 7) is 0.174. The van der Waals surface area contributed by atoms with Crippen LogP contribution in [0.25, 0.3) is 0 Å². The molecule has 154 valence electrons. The van der Waals surface area contributed by atoms with Gasteiger partial charge in [-0.05, 0) is 35.9 Å². The van der Waals surface area contributed by atoms with Crippen molar-refractivity contribution in [3.8, 4) is 11.8 Å². The summed E-state index contributed by atoms with van der Waals surface area (Å²) < 4.78 is 10.0. The number of amides is 2. The van der Waals surface area contributed by atoms with Gasteiger partial charge in [-0.3, -0.25) is 14.4 Å². The lowest BCUT2D eigenvalue weighted by molar-refractivity contribution is -0.146. The first-order valence-electron chi connectivity index (χ1n) is 9.06. The summed E-state index contributed by atoms with van der Waals surface area (Å²) in [5, 5.41) is 14.9. The van der Waals surface area contributed by atoms with E-state index in [1.807, 2.05) is 6.07 Å². The van der Waals surface area contributed by atoms with E-state index in [0.717, 1.165) is 5.56 Å². The Morgan fingerprint density at radius 3 is 2.73 bits per heavy atom. The molecule has 1 aliphatic rings. The van der Waals surface area contributed by atoms with E-state index >= 15 is 0 Å². The molecule has 1 atom stereocenters. The summed E-state index contributed by atoms with van der Waals surface area (Å²) >= 11 is 6.10. The lowest BCUT2D eigenvalue weighted by atomic mass is 10.1. The third-order valence-corrected chi connectivity index (χ3v) is 4.79. The van der Waals surface area contributed by atoms with E-state index in [1.165, 1.54) is 25.3 Å². The van der Waals surface area contributed by atoms with Crippen LogP contribution in [0.2, 0.25) is 5.02 Å². The summed E-state index contributed by atoms with van der Waals surface area (Å²) in [5.41, 5.74) is 1.34. The Balaban J connectivity index is 1.75. The number of rotatable bonds is 6. The van der Waals surface area contributed by atoms with Crippen molar-refractivity contribution in [3.05, 3.63) is 58.1 Å². The second-order valence-electron chi connectivity index (χ2n) is 6.53. The largest absolute Gasteiger partial charge is 0.495 e. The van der Waals surface area contributed by atoms with E-state index in [2.05, 4.69) is 10.6 Å². The zero-order valence-corrected chi connectivity index (χ0v) is 16.8. The normalized spacial score (nSPS) is 15.1. The van der Waals surface area contributed by atoms with Crippen molar-refractivity contribution in [1.29, 1.82) is 5.26 Å². The van der Waals surface area contributed by atoms with Crippen LogP contribution in [0.3, 0.4) is 0 Å². The Morgan fingerprint density at radius 1 is 1.30 bits per heavy atom. The minimum atomic E-state index is -0.898. The number of anilines is 1. The molecule has 2 N–H and O–H groups in total. The summed E-state index contributed by atoms with van der Waals surface area (Å²) in [6, 6.07) is 11.4. The van der Waals surface area contributed by atoms with Crippen LogP contribution in [0.15, 0.2) is 36.4 Å². The predicted molar refractivity (Wildman–Crippen MR) is 108 cm³/mol. The van der Waals surface area contributed by atoms with Crippen molar-refractivity contribution < 1.29 is 23.9 Å². The number of methoxy groups -OCH3 is 1. The maximum atomic E-state index is 12.8. The van der Waals surface area contributed by atoms with Gasteiger partial charge in [0.1, 0.15) is 5.75 Å². The summed E-state index contributed by atoms with van der Waals surface area (Å²) in [6.07, 6.45) is -0.449. The molecular formula is C21H18ClN3O5. The van der Waals surface area contributed by atoms with E-state index in [9.17, 15) is 14.4 Å². The quantitative estimate of drug-likeness (QED) is 0.684. The van der Waals surface area contributed by atoms with Crippen LogP contribution in [0, 0.1) is 11.3 Å². The molecule has 2 aromatic rings. The molecule has 0 spiro atoms. The van der Waals surface area contributed by atoms with E-state index in [1.54, 1.807) is 18.2 Å². The molecule has 8 nitrogen and oxygen atoms in total. The SMILES string of the molecule is COc1ccc(CNC(=O)c2cc(C#N)ccc2NC(=O)[C@@H]2CCC(=O)O2)cc1Cl. The topological polar surface area (TPSA) is 118 Å². The molecular weight excluding hydrogens is 410 g/mol. The Morgan fingerprint density at radius 2 is 2.10 bits per heavy atom. The van der Waals surface area contributed by atoms with E-state index in [0.29, 0.717) is 10.8 Å². The molecule has 0 aromatic heterocycles. The monoisotopic (exact) mass is 427 g/mol. The first-order valence-corrected chi connectivity index (χ1v) is 9.44. The van der Waals surface area contributed by atoms with Crippen LogP contribution in [0.5, 0.6) is 5.75 Å². The van der Waals surface area contributed by atoms with Crippen LogP contribution in [-0.2, 0) is 20.9 Å². The summed E-state index contributed by atoms with van der Waals surface area (Å²) in [4.78, 5) is 36.3. The number of carbonyl (C=O) groups is 3. The first-order chi connectivity index (χ1) is 14.4. The van der Waals surface area contributed by atoms with Crippen molar-refractivity contribution in [2.45, 2.75) is 25.5 Å². The van der Waals surface area contributed by atoms with Gasteiger partial charge in [0.2, 0.25) is 0 Å². The number of halogens is 1. The van der Waals surface area contributed by atoms with Gasteiger partial charge in [0, 0.05) is 19.4 Å². The van der Waals surface area contributed by atoms with Crippen molar-refractivity contribution in [1.82, 2.24) is 5.32 Å². The van der Waals surface area contributed by atoms with Crippen molar-refractivity contribution >= 4 is 35.1 Å². The highest BCUT2D eigenvalue weighted by molar-refractivity contribution is 6.32. The average Bonchev–Trinajstić information content (AvgIpc) is 3.19. The van der Waals surface area contributed by atoms with E-state index in [4.69, 9.17) is 26.3 Å². The van der Waals surface area contributed by atoms with Gasteiger partial charge in [0.05, 0.1) is 35.0 Å². The van der Waals surface area contributed by atoms with Crippen LogP contribution in [0.4, 0.5) is 5.69 Å². The lowest BCUT2D eigenvalue weighted by Crippen LogP contribution is -2.30. The molecule has 0 bridgehead atoms. The van der Waals surface area contributed by atoms with Gasteiger partial charge in [-0.25, -0.2) is 0 Å². The van der Waals surface area contributed by atoms with Gasteiger partial charge in [-0.2, -0.15) is 5.26 Å². The molecule has 0 unspecified atom stereocenters. The van der Waals surface area contributed by atoms with Gasteiger partial charge in [0.25, 0.3) is 11.8 Å². The molecule has 3 rings (SSSR count). The van der Waals surface area contributed by atoms with Crippen LogP contribution < -0.4 is 15.4 Å². The van der Waals surface area contributed by atoms with Gasteiger partial charge in [-0.15, -0.1) is 0 Å².